The molecule has 7 nitrogen and oxygen atoms in total. The van der Waals surface area contributed by atoms with Crippen molar-refractivity contribution in [3.05, 3.63) is 33.1 Å². The molecule has 1 aromatic rings. The molecule has 0 aliphatic carbocycles. The summed E-state index contributed by atoms with van der Waals surface area (Å²) in [6, 6.07) is 1.32. The quantitative estimate of drug-likeness (QED) is 0.169. The molecule has 4 atom stereocenters. The number of nitrogens with zero attached hydrogens (tertiary/aromatic N) is 1. The summed E-state index contributed by atoms with van der Waals surface area (Å²) >= 11 is 3.88. The highest BCUT2D eigenvalue weighted by atomic mass is 79.9. The molecule has 0 saturated carbocycles. The second-order valence-electron chi connectivity index (χ2n) is 13.1. The number of H-pyrrole nitrogens is 1. The standard InChI is InChI=1S/C27H47BrN2O5Si2/c1-12-13-14-15-17-27(30-18-16-21(31)29-24(30)32)23(28)22(35-37(10,11)26(5,6)7)20(34-27)19-33-36(8,9)25(2,3)4/h16,18,20,22-23H,12-14,19H2,1-11H3,(H,29,31,32)/t20-,22-,23+,27-/m1/s1. The van der Waals surface area contributed by atoms with Crippen LogP contribution in [0.5, 0.6) is 0 Å². The van der Waals surface area contributed by atoms with Gasteiger partial charge in [-0.05, 0) is 48.6 Å². The third kappa shape index (κ3) is 7.17. The van der Waals surface area contributed by atoms with Crippen molar-refractivity contribution in [3.8, 4) is 11.8 Å². The molecule has 1 saturated heterocycles. The highest BCUT2D eigenvalue weighted by molar-refractivity contribution is 9.09. The maximum Gasteiger partial charge on any atom is 0.331 e. The monoisotopic (exact) mass is 614 g/mol. The van der Waals surface area contributed by atoms with E-state index in [1.54, 1.807) is 0 Å². The van der Waals surface area contributed by atoms with Crippen LogP contribution in [0.1, 0.15) is 67.7 Å². The lowest BCUT2D eigenvalue weighted by atomic mass is 10.1. The van der Waals surface area contributed by atoms with Crippen molar-refractivity contribution in [1.29, 1.82) is 0 Å². The van der Waals surface area contributed by atoms with Crippen LogP contribution in [0, 0.1) is 11.8 Å². The topological polar surface area (TPSA) is 82.6 Å². The van der Waals surface area contributed by atoms with Gasteiger partial charge in [0.1, 0.15) is 10.9 Å². The van der Waals surface area contributed by atoms with E-state index in [-0.39, 0.29) is 10.1 Å². The molecular formula is C27H47BrN2O5Si2. The average molecular weight is 616 g/mol. The van der Waals surface area contributed by atoms with Crippen LogP contribution >= 0.6 is 15.9 Å². The van der Waals surface area contributed by atoms with Crippen molar-refractivity contribution >= 4 is 32.6 Å². The van der Waals surface area contributed by atoms with Crippen molar-refractivity contribution in [2.75, 3.05) is 6.61 Å². The number of rotatable bonds is 8. The van der Waals surface area contributed by atoms with E-state index in [0.717, 1.165) is 12.8 Å². The number of halogens is 1. The van der Waals surface area contributed by atoms with Gasteiger partial charge in [-0.15, -0.1) is 0 Å². The van der Waals surface area contributed by atoms with E-state index in [2.05, 4.69) is 107 Å². The number of alkyl halides is 1. The normalized spacial score (nSPS) is 25.1. The van der Waals surface area contributed by atoms with Gasteiger partial charge in [0.2, 0.25) is 5.72 Å². The van der Waals surface area contributed by atoms with Crippen LogP contribution in [0.2, 0.25) is 36.3 Å². The molecule has 0 bridgehead atoms. The minimum Gasteiger partial charge on any atom is -0.414 e. The zero-order valence-electron chi connectivity index (χ0n) is 24.6. The summed E-state index contributed by atoms with van der Waals surface area (Å²) in [5, 5.41) is -0.000469. The highest BCUT2D eigenvalue weighted by Crippen LogP contribution is 2.46. The number of hydrogen-bond acceptors (Lipinski definition) is 5. The lowest BCUT2D eigenvalue weighted by Crippen LogP contribution is -2.52. The van der Waals surface area contributed by atoms with Crippen LogP contribution in [0.15, 0.2) is 21.9 Å². The summed E-state index contributed by atoms with van der Waals surface area (Å²) in [6.07, 6.45) is 3.22. The van der Waals surface area contributed by atoms with E-state index in [4.69, 9.17) is 13.6 Å². The molecule has 0 radical (unpaired) electrons. The lowest BCUT2D eigenvalue weighted by Gasteiger charge is -2.41. The number of unbranched alkanes of at least 4 members (excludes halogenated alkanes) is 2. The van der Waals surface area contributed by atoms with Crippen LogP contribution in [0.25, 0.3) is 0 Å². The van der Waals surface area contributed by atoms with E-state index >= 15 is 0 Å². The first-order valence-corrected chi connectivity index (χ1v) is 20.0. The summed E-state index contributed by atoms with van der Waals surface area (Å²) < 4.78 is 21.7. The molecule has 10 heteroatoms. The molecule has 1 fully saturated rings. The van der Waals surface area contributed by atoms with Gasteiger partial charge in [0.25, 0.3) is 5.56 Å². The maximum atomic E-state index is 13.1. The molecule has 1 N–H and O–H groups in total. The van der Waals surface area contributed by atoms with Crippen molar-refractivity contribution < 1.29 is 13.6 Å². The molecule has 0 aromatic carbocycles. The fourth-order valence-corrected chi connectivity index (χ4v) is 6.97. The van der Waals surface area contributed by atoms with E-state index in [1.165, 1.54) is 16.8 Å². The minimum absolute atomic E-state index is 0.0299. The third-order valence-electron chi connectivity index (χ3n) is 8.12. The molecule has 2 rings (SSSR count). The van der Waals surface area contributed by atoms with Gasteiger partial charge in [0, 0.05) is 18.7 Å². The van der Waals surface area contributed by atoms with Gasteiger partial charge in [-0.25, -0.2) is 4.79 Å². The second-order valence-corrected chi connectivity index (χ2v) is 23.6. The van der Waals surface area contributed by atoms with Crippen LogP contribution in [-0.4, -0.2) is 49.8 Å². The Hall–Kier alpha value is -0.966. The number of aromatic amines is 1. The van der Waals surface area contributed by atoms with Crippen LogP contribution < -0.4 is 11.2 Å². The zero-order chi connectivity index (χ0) is 28.4. The van der Waals surface area contributed by atoms with Gasteiger partial charge in [-0.2, -0.15) is 0 Å². The molecule has 1 aliphatic heterocycles. The van der Waals surface area contributed by atoms with Gasteiger partial charge < -0.3 is 13.6 Å². The van der Waals surface area contributed by atoms with Crippen LogP contribution in [0.4, 0.5) is 0 Å². The molecule has 0 unspecified atom stereocenters. The Morgan fingerprint density at radius 2 is 1.70 bits per heavy atom. The van der Waals surface area contributed by atoms with Gasteiger partial charge in [-0.1, -0.05) is 76.7 Å². The fraction of sp³-hybridized carbons (Fsp3) is 0.778. The van der Waals surface area contributed by atoms with Crippen LogP contribution in [-0.2, 0) is 19.3 Å². The Balaban J connectivity index is 2.64. The maximum absolute atomic E-state index is 13.1. The third-order valence-corrected chi connectivity index (χ3v) is 18.2. The molecule has 1 aromatic heterocycles. The number of aromatic nitrogens is 2. The Morgan fingerprint density at radius 3 is 2.22 bits per heavy atom. The predicted octanol–water partition coefficient (Wildman–Crippen LogP) is 5.96. The molecule has 1 aliphatic rings. The summed E-state index contributed by atoms with van der Waals surface area (Å²) in [5.74, 6) is 6.52. The molecule has 2 heterocycles. The molecule has 210 valence electrons. The largest absolute Gasteiger partial charge is 0.414 e. The van der Waals surface area contributed by atoms with Crippen molar-refractivity contribution in [2.24, 2.45) is 0 Å². The van der Waals surface area contributed by atoms with E-state index in [0.29, 0.717) is 13.0 Å². The summed E-state index contributed by atoms with van der Waals surface area (Å²) in [5.41, 5.74) is -2.39. The summed E-state index contributed by atoms with van der Waals surface area (Å²) in [6.45, 7) is 24.5. The minimum atomic E-state index is -2.24. The van der Waals surface area contributed by atoms with Crippen LogP contribution in [0.3, 0.4) is 0 Å². The van der Waals surface area contributed by atoms with Gasteiger partial charge >= 0.3 is 5.69 Å². The molecule has 0 spiro atoms. The highest BCUT2D eigenvalue weighted by Gasteiger charge is 2.58. The van der Waals surface area contributed by atoms with Crippen molar-refractivity contribution in [2.45, 2.75) is 127 Å². The first-order valence-electron chi connectivity index (χ1n) is 13.3. The Labute approximate surface area is 233 Å². The van der Waals surface area contributed by atoms with Gasteiger partial charge in [0.05, 0.1) is 12.7 Å². The fourth-order valence-electron chi connectivity index (χ4n) is 3.54. The lowest BCUT2D eigenvalue weighted by molar-refractivity contribution is -0.0794. The molecule has 37 heavy (non-hydrogen) atoms. The first-order chi connectivity index (χ1) is 16.8. The van der Waals surface area contributed by atoms with E-state index in [1.807, 2.05) is 0 Å². The van der Waals surface area contributed by atoms with Gasteiger partial charge in [-0.3, -0.25) is 14.3 Å². The second kappa shape index (κ2) is 11.6. The molecule has 0 amide bonds. The summed E-state index contributed by atoms with van der Waals surface area (Å²) in [4.78, 5) is 26.8. The Kier molecular flexibility index (Phi) is 10.1. The van der Waals surface area contributed by atoms with Gasteiger partial charge in [0.15, 0.2) is 16.6 Å². The molecular weight excluding hydrogens is 568 g/mol. The number of hydrogen-bond donors (Lipinski definition) is 1. The Morgan fingerprint density at radius 1 is 1.11 bits per heavy atom. The van der Waals surface area contributed by atoms with Crippen molar-refractivity contribution in [3.63, 3.8) is 0 Å². The predicted molar refractivity (Wildman–Crippen MR) is 159 cm³/mol. The summed E-state index contributed by atoms with van der Waals surface area (Å²) in [7, 11) is -4.33. The van der Waals surface area contributed by atoms with Crippen molar-refractivity contribution in [1.82, 2.24) is 9.55 Å². The number of nitrogens with one attached hydrogen (secondary N) is 1. The SMILES string of the molecule is CCCCC#C[C@@]1(n2ccc(=O)[nH]c2=O)O[C@H](CO[Si](C)(C)C(C)(C)C)[C@@H](O[Si](C)(C)C(C)(C)C)[C@@H]1Br. The zero-order valence-corrected chi connectivity index (χ0v) is 28.2. The number of ether oxygens (including phenoxy) is 1. The average Bonchev–Trinajstić information content (AvgIpc) is 3.00. The van der Waals surface area contributed by atoms with E-state index < -0.39 is 50.6 Å². The Bertz CT molecular complexity index is 1110. The van der Waals surface area contributed by atoms with E-state index in [9.17, 15) is 9.59 Å². The first kappa shape index (κ1) is 32.2. The smallest absolute Gasteiger partial charge is 0.331 e.